The highest BCUT2D eigenvalue weighted by atomic mass is 79.9. The SMILES string of the molecule is C[C@@H](C(=O)NC(C)(C)C)N(Cc1ccccc1Cl)C(=O)CN(c1cccc(Br)c1)S(=O)(=O)c1ccccc1. The molecule has 0 fully saturated rings. The molecule has 3 rings (SSSR count). The number of rotatable bonds is 9. The molecule has 10 heteroatoms. The summed E-state index contributed by atoms with van der Waals surface area (Å²) >= 11 is 9.77. The van der Waals surface area contributed by atoms with Crippen LogP contribution in [0.5, 0.6) is 0 Å². The van der Waals surface area contributed by atoms with Gasteiger partial charge in [-0.2, -0.15) is 0 Å². The van der Waals surface area contributed by atoms with Gasteiger partial charge in [0.1, 0.15) is 12.6 Å². The van der Waals surface area contributed by atoms with E-state index in [1.54, 1.807) is 73.7 Å². The van der Waals surface area contributed by atoms with E-state index in [0.717, 1.165) is 4.31 Å². The molecule has 0 saturated carbocycles. The van der Waals surface area contributed by atoms with Gasteiger partial charge in [-0.05, 0) is 69.7 Å². The van der Waals surface area contributed by atoms with Crippen LogP contribution in [0.4, 0.5) is 5.69 Å². The molecule has 1 N–H and O–H groups in total. The number of benzene rings is 3. The molecule has 0 aliphatic carbocycles. The minimum atomic E-state index is -4.12. The van der Waals surface area contributed by atoms with Gasteiger partial charge < -0.3 is 10.2 Å². The molecule has 0 spiro atoms. The van der Waals surface area contributed by atoms with Crippen molar-refractivity contribution in [1.29, 1.82) is 0 Å². The fourth-order valence-corrected chi connectivity index (χ4v) is 5.76. The lowest BCUT2D eigenvalue weighted by molar-refractivity contribution is -0.140. The van der Waals surface area contributed by atoms with E-state index < -0.39 is 34.1 Å². The van der Waals surface area contributed by atoms with Gasteiger partial charge in [0, 0.05) is 21.6 Å². The van der Waals surface area contributed by atoms with Crippen LogP contribution in [-0.2, 0) is 26.2 Å². The lowest BCUT2D eigenvalue weighted by Gasteiger charge is -2.33. The molecule has 202 valence electrons. The maximum Gasteiger partial charge on any atom is 0.264 e. The van der Waals surface area contributed by atoms with E-state index in [-0.39, 0.29) is 17.3 Å². The monoisotopic (exact) mass is 619 g/mol. The van der Waals surface area contributed by atoms with Crippen molar-refractivity contribution in [2.45, 2.75) is 50.7 Å². The number of carbonyl (C=O) groups is 2. The van der Waals surface area contributed by atoms with E-state index in [1.807, 2.05) is 20.8 Å². The molecule has 0 aliphatic heterocycles. The van der Waals surface area contributed by atoms with E-state index in [4.69, 9.17) is 11.6 Å². The van der Waals surface area contributed by atoms with E-state index in [2.05, 4.69) is 21.2 Å². The minimum Gasteiger partial charge on any atom is -0.350 e. The lowest BCUT2D eigenvalue weighted by atomic mass is 10.1. The summed E-state index contributed by atoms with van der Waals surface area (Å²) in [5, 5.41) is 3.34. The number of halogens is 2. The number of nitrogens with zero attached hydrogens (tertiary/aromatic N) is 2. The first-order chi connectivity index (χ1) is 17.8. The Labute approximate surface area is 238 Å². The minimum absolute atomic E-state index is 0.0228. The van der Waals surface area contributed by atoms with Gasteiger partial charge in [0.25, 0.3) is 10.0 Å². The van der Waals surface area contributed by atoms with Crippen molar-refractivity contribution in [3.05, 3.63) is 93.9 Å². The first kappa shape index (κ1) is 29.7. The fraction of sp³-hybridized carbons (Fsp3) is 0.286. The second kappa shape index (κ2) is 12.3. The number of nitrogens with one attached hydrogen (secondary N) is 1. The van der Waals surface area contributed by atoms with Crippen molar-refractivity contribution in [2.24, 2.45) is 0 Å². The molecule has 0 unspecified atom stereocenters. The Hall–Kier alpha value is -2.88. The van der Waals surface area contributed by atoms with Crippen molar-refractivity contribution in [1.82, 2.24) is 10.2 Å². The van der Waals surface area contributed by atoms with Gasteiger partial charge in [0.15, 0.2) is 0 Å². The predicted octanol–water partition coefficient (Wildman–Crippen LogP) is 5.63. The number of anilines is 1. The van der Waals surface area contributed by atoms with Crippen molar-refractivity contribution >= 4 is 55.1 Å². The Morgan fingerprint density at radius 1 is 0.974 bits per heavy atom. The number of carbonyl (C=O) groups excluding carboxylic acids is 2. The van der Waals surface area contributed by atoms with Crippen molar-refractivity contribution in [3.8, 4) is 0 Å². The Morgan fingerprint density at radius 3 is 2.21 bits per heavy atom. The molecule has 3 aromatic carbocycles. The summed E-state index contributed by atoms with van der Waals surface area (Å²) in [6, 6.07) is 20.7. The Morgan fingerprint density at radius 2 is 1.61 bits per heavy atom. The van der Waals surface area contributed by atoms with Gasteiger partial charge in [-0.1, -0.05) is 70.0 Å². The average molecular weight is 621 g/mol. The number of hydrogen-bond acceptors (Lipinski definition) is 4. The first-order valence-electron chi connectivity index (χ1n) is 12.0. The van der Waals surface area contributed by atoms with Crippen LogP contribution in [0.1, 0.15) is 33.3 Å². The molecule has 3 aromatic rings. The van der Waals surface area contributed by atoms with Crippen molar-refractivity contribution in [2.75, 3.05) is 10.8 Å². The van der Waals surface area contributed by atoms with Gasteiger partial charge in [-0.15, -0.1) is 0 Å². The molecule has 7 nitrogen and oxygen atoms in total. The van der Waals surface area contributed by atoms with E-state index in [9.17, 15) is 18.0 Å². The summed E-state index contributed by atoms with van der Waals surface area (Å²) in [4.78, 5) is 28.4. The summed E-state index contributed by atoms with van der Waals surface area (Å²) in [7, 11) is -4.12. The van der Waals surface area contributed by atoms with E-state index in [0.29, 0.717) is 20.7 Å². The van der Waals surface area contributed by atoms with E-state index >= 15 is 0 Å². The Kier molecular flexibility index (Phi) is 9.62. The summed E-state index contributed by atoms with van der Waals surface area (Å²) < 4.78 is 29.2. The van der Waals surface area contributed by atoms with E-state index in [1.165, 1.54) is 17.0 Å². The third-order valence-corrected chi connectivity index (χ3v) is 8.32. The summed E-state index contributed by atoms with van der Waals surface area (Å²) in [6.45, 7) is 6.66. The summed E-state index contributed by atoms with van der Waals surface area (Å²) in [6.07, 6.45) is 0. The lowest BCUT2D eigenvalue weighted by Crippen LogP contribution is -2.54. The molecule has 0 heterocycles. The molecule has 38 heavy (non-hydrogen) atoms. The fourth-order valence-electron chi connectivity index (χ4n) is 3.75. The Balaban J connectivity index is 2.04. The molecule has 0 radical (unpaired) electrons. The number of amides is 2. The van der Waals surface area contributed by atoms with Crippen LogP contribution in [0, 0.1) is 0 Å². The highest BCUT2D eigenvalue weighted by Gasteiger charge is 2.33. The van der Waals surface area contributed by atoms with Crippen LogP contribution in [0.2, 0.25) is 5.02 Å². The number of sulfonamides is 1. The molecule has 0 bridgehead atoms. The zero-order valence-electron chi connectivity index (χ0n) is 21.7. The zero-order valence-corrected chi connectivity index (χ0v) is 24.8. The quantitative estimate of drug-likeness (QED) is 0.336. The predicted molar refractivity (Wildman–Crippen MR) is 154 cm³/mol. The van der Waals surface area contributed by atoms with Gasteiger partial charge in [-0.25, -0.2) is 8.42 Å². The summed E-state index contributed by atoms with van der Waals surface area (Å²) in [5.74, 6) is -0.918. The van der Waals surface area contributed by atoms with Crippen molar-refractivity contribution in [3.63, 3.8) is 0 Å². The van der Waals surface area contributed by atoms with Crippen molar-refractivity contribution < 1.29 is 18.0 Å². The molecule has 0 aliphatic rings. The largest absolute Gasteiger partial charge is 0.350 e. The smallest absolute Gasteiger partial charge is 0.264 e. The molecular weight excluding hydrogens is 590 g/mol. The third-order valence-electron chi connectivity index (χ3n) is 5.67. The standard InChI is InChI=1S/C28H31BrClN3O4S/c1-20(27(35)31-28(2,3)4)32(18-21-11-8-9-16-25(21)30)26(34)19-33(23-13-10-12-22(29)17-23)38(36,37)24-14-6-5-7-15-24/h5-17,20H,18-19H2,1-4H3,(H,31,35)/t20-/m0/s1. The number of hydrogen-bond donors (Lipinski definition) is 1. The molecule has 2 amide bonds. The molecule has 0 aromatic heterocycles. The van der Waals surface area contributed by atoms with Crippen LogP contribution in [0.15, 0.2) is 88.2 Å². The highest BCUT2D eigenvalue weighted by Crippen LogP contribution is 2.27. The first-order valence-corrected chi connectivity index (χ1v) is 14.6. The van der Waals surface area contributed by atoms with Gasteiger partial charge in [-0.3, -0.25) is 13.9 Å². The van der Waals surface area contributed by atoms with Gasteiger partial charge in [0.05, 0.1) is 10.6 Å². The zero-order chi connectivity index (χ0) is 28.1. The van der Waals surface area contributed by atoms with Crippen LogP contribution >= 0.6 is 27.5 Å². The molecule has 0 saturated heterocycles. The Bertz CT molecular complexity index is 1390. The van der Waals surface area contributed by atoms with Crippen LogP contribution in [-0.4, -0.2) is 43.3 Å². The normalized spacial score (nSPS) is 12.5. The topological polar surface area (TPSA) is 86.8 Å². The third kappa shape index (κ3) is 7.58. The average Bonchev–Trinajstić information content (AvgIpc) is 2.85. The second-order valence-electron chi connectivity index (χ2n) is 9.83. The summed E-state index contributed by atoms with van der Waals surface area (Å²) in [5.41, 5.74) is 0.419. The van der Waals surface area contributed by atoms with Crippen LogP contribution in [0.3, 0.4) is 0 Å². The maximum absolute atomic E-state index is 13.9. The second-order valence-corrected chi connectivity index (χ2v) is 13.0. The highest BCUT2D eigenvalue weighted by molar-refractivity contribution is 9.10. The molecule has 1 atom stereocenters. The van der Waals surface area contributed by atoms with Crippen LogP contribution in [0.25, 0.3) is 0 Å². The van der Waals surface area contributed by atoms with Gasteiger partial charge in [0.2, 0.25) is 11.8 Å². The maximum atomic E-state index is 13.9. The van der Waals surface area contributed by atoms with Gasteiger partial charge >= 0.3 is 0 Å². The molecular formula is C28H31BrClN3O4S. The van der Waals surface area contributed by atoms with Crippen LogP contribution < -0.4 is 9.62 Å².